The topological polar surface area (TPSA) is 65.2 Å². The third-order valence-corrected chi connectivity index (χ3v) is 10.7. The van der Waals surface area contributed by atoms with Gasteiger partial charge in [-0.25, -0.2) is 0 Å². The lowest BCUT2D eigenvalue weighted by molar-refractivity contribution is -0.929. The van der Waals surface area contributed by atoms with Gasteiger partial charge in [0.15, 0.2) is 0 Å². The van der Waals surface area contributed by atoms with Crippen LogP contribution in [-0.4, -0.2) is 65.4 Å². The molecule has 2 aromatic carbocycles. The molecule has 2 aromatic rings. The van der Waals surface area contributed by atoms with Crippen LogP contribution in [0.3, 0.4) is 0 Å². The van der Waals surface area contributed by atoms with Gasteiger partial charge < -0.3 is 14.7 Å². The third kappa shape index (κ3) is 12.7. The standard InChI is InChI=1S/C43H69N3O2/c1-7-11-15-20-36-28-34(5)42(47)38(30-36)32-44-40-22-16-17-23-41(40)45-33-39-31-37(29-35(6)43(39)48)21-18-19-27-46(24-12-8-2,25-13-9-3)26-14-10-4/h28-33,40-41H,7-27H2,1-6H3,(H-,44,45,47,48)/p+1. The van der Waals surface area contributed by atoms with Gasteiger partial charge in [-0.3, -0.25) is 9.98 Å². The van der Waals surface area contributed by atoms with E-state index in [1.807, 2.05) is 26.3 Å². The largest absolute Gasteiger partial charge is 0.507 e. The number of aliphatic imine (C=N–C) groups is 2. The Balaban J connectivity index is 1.69. The number of phenols is 2. The summed E-state index contributed by atoms with van der Waals surface area (Å²) in [6.45, 7) is 18.5. The van der Waals surface area contributed by atoms with Gasteiger partial charge >= 0.3 is 0 Å². The summed E-state index contributed by atoms with van der Waals surface area (Å²) in [6, 6.07) is 8.70. The van der Waals surface area contributed by atoms with Gasteiger partial charge in [0.1, 0.15) is 11.5 Å². The van der Waals surface area contributed by atoms with E-state index >= 15 is 0 Å². The van der Waals surface area contributed by atoms with E-state index < -0.39 is 0 Å². The minimum absolute atomic E-state index is 0.0783. The molecule has 1 aliphatic rings. The highest BCUT2D eigenvalue weighted by atomic mass is 16.3. The van der Waals surface area contributed by atoms with Gasteiger partial charge in [-0.2, -0.15) is 0 Å². The maximum Gasteiger partial charge on any atom is 0.127 e. The SMILES string of the molecule is CCCCCc1cc(C)c(O)c(C=NC2CCCCC2N=Cc2cc(CCCC[N+](CCCC)(CCCC)CCCC)cc(C)c2O)c1. The molecule has 2 unspecified atom stereocenters. The average molecular weight is 661 g/mol. The van der Waals surface area contributed by atoms with E-state index in [2.05, 4.69) is 52.0 Å². The molecule has 1 saturated carbocycles. The summed E-state index contributed by atoms with van der Waals surface area (Å²) in [4.78, 5) is 10.1. The molecule has 0 aromatic heterocycles. The van der Waals surface area contributed by atoms with Crippen molar-refractivity contribution in [1.82, 2.24) is 0 Å². The zero-order valence-electron chi connectivity index (χ0n) is 31.7. The summed E-state index contributed by atoms with van der Waals surface area (Å²) in [6.07, 6.45) is 24.0. The van der Waals surface area contributed by atoms with Crippen LogP contribution in [0.4, 0.5) is 0 Å². The molecule has 0 radical (unpaired) electrons. The summed E-state index contributed by atoms with van der Waals surface area (Å²) < 4.78 is 1.30. The maximum absolute atomic E-state index is 11.0. The van der Waals surface area contributed by atoms with Crippen LogP contribution in [0, 0.1) is 13.8 Å². The van der Waals surface area contributed by atoms with E-state index in [9.17, 15) is 10.2 Å². The molecule has 48 heavy (non-hydrogen) atoms. The molecule has 2 atom stereocenters. The molecular formula is C43H70N3O2+. The molecule has 5 nitrogen and oxygen atoms in total. The number of aryl methyl sites for hydroxylation is 4. The Kier molecular flexibility index (Phi) is 17.8. The first-order valence-corrected chi connectivity index (χ1v) is 19.8. The van der Waals surface area contributed by atoms with Crippen molar-refractivity contribution >= 4 is 12.4 Å². The van der Waals surface area contributed by atoms with Crippen LogP contribution in [0.1, 0.15) is 157 Å². The second kappa shape index (κ2) is 21.4. The predicted molar refractivity (Wildman–Crippen MR) is 208 cm³/mol. The van der Waals surface area contributed by atoms with Crippen LogP contribution in [0.25, 0.3) is 0 Å². The number of hydrogen-bond acceptors (Lipinski definition) is 4. The van der Waals surface area contributed by atoms with Crippen LogP contribution in [0.15, 0.2) is 34.3 Å². The highest BCUT2D eigenvalue weighted by molar-refractivity contribution is 5.85. The van der Waals surface area contributed by atoms with E-state index in [1.54, 1.807) is 0 Å². The van der Waals surface area contributed by atoms with Crippen molar-refractivity contribution < 1.29 is 14.7 Å². The smallest absolute Gasteiger partial charge is 0.127 e. The van der Waals surface area contributed by atoms with E-state index in [4.69, 9.17) is 9.98 Å². The maximum atomic E-state index is 11.0. The normalized spacial score (nSPS) is 17.2. The van der Waals surface area contributed by atoms with Gasteiger partial charge in [0.05, 0.1) is 38.3 Å². The van der Waals surface area contributed by atoms with Gasteiger partial charge in [0.2, 0.25) is 0 Å². The molecule has 2 N–H and O–H groups in total. The van der Waals surface area contributed by atoms with Crippen molar-refractivity contribution in [2.45, 2.75) is 163 Å². The molecule has 0 saturated heterocycles. The molecule has 0 bridgehead atoms. The lowest BCUT2D eigenvalue weighted by Gasteiger charge is -2.39. The molecule has 0 aliphatic heterocycles. The number of quaternary nitrogens is 1. The summed E-state index contributed by atoms with van der Waals surface area (Å²) in [5.74, 6) is 0.673. The van der Waals surface area contributed by atoms with Gasteiger partial charge in [-0.05, 0) is 112 Å². The fourth-order valence-electron chi connectivity index (χ4n) is 7.55. The zero-order valence-corrected chi connectivity index (χ0v) is 31.7. The first kappa shape index (κ1) is 39.8. The minimum Gasteiger partial charge on any atom is -0.507 e. The molecule has 0 heterocycles. The van der Waals surface area contributed by atoms with Crippen LogP contribution >= 0.6 is 0 Å². The predicted octanol–water partition coefficient (Wildman–Crippen LogP) is 10.8. The zero-order chi connectivity index (χ0) is 34.8. The molecule has 0 amide bonds. The summed E-state index contributed by atoms with van der Waals surface area (Å²) in [7, 11) is 0. The van der Waals surface area contributed by atoms with Crippen molar-refractivity contribution in [3.05, 3.63) is 57.6 Å². The molecule has 0 spiro atoms. The quantitative estimate of drug-likeness (QED) is 0.0750. The molecule has 268 valence electrons. The van der Waals surface area contributed by atoms with Crippen molar-refractivity contribution in [3.63, 3.8) is 0 Å². The summed E-state index contributed by atoms with van der Waals surface area (Å²) >= 11 is 0. The summed E-state index contributed by atoms with van der Waals surface area (Å²) in [5.41, 5.74) is 6.04. The number of nitrogens with zero attached hydrogens (tertiary/aromatic N) is 3. The molecule has 3 rings (SSSR count). The van der Waals surface area contributed by atoms with E-state index in [0.717, 1.165) is 60.8 Å². The molecular weight excluding hydrogens is 590 g/mol. The van der Waals surface area contributed by atoms with Gasteiger partial charge in [0.25, 0.3) is 0 Å². The summed E-state index contributed by atoms with van der Waals surface area (Å²) in [5, 5.41) is 21.8. The molecule has 1 fully saturated rings. The minimum atomic E-state index is 0.0783. The van der Waals surface area contributed by atoms with Crippen molar-refractivity contribution in [2.24, 2.45) is 9.98 Å². The average Bonchev–Trinajstić information content (AvgIpc) is 3.09. The van der Waals surface area contributed by atoms with E-state index in [-0.39, 0.29) is 12.1 Å². The number of phenolic OH excluding ortho intramolecular Hbond substituents is 2. The van der Waals surface area contributed by atoms with Crippen molar-refractivity contribution in [2.75, 3.05) is 26.2 Å². The third-order valence-electron chi connectivity index (χ3n) is 10.7. The van der Waals surface area contributed by atoms with E-state index in [0.29, 0.717) is 11.5 Å². The fraction of sp³-hybridized carbons (Fsp3) is 0.674. The Morgan fingerprint density at radius 3 is 1.40 bits per heavy atom. The Morgan fingerprint density at radius 1 is 0.583 bits per heavy atom. The number of unbranched alkanes of at least 4 members (excludes halogenated alkanes) is 6. The Bertz CT molecular complexity index is 1260. The number of benzene rings is 2. The number of aromatic hydroxyl groups is 2. The number of rotatable bonds is 22. The van der Waals surface area contributed by atoms with Crippen LogP contribution in [0.5, 0.6) is 11.5 Å². The van der Waals surface area contributed by atoms with Gasteiger partial charge in [-0.1, -0.05) is 84.8 Å². The van der Waals surface area contributed by atoms with Crippen LogP contribution in [0.2, 0.25) is 0 Å². The van der Waals surface area contributed by atoms with Crippen molar-refractivity contribution in [1.29, 1.82) is 0 Å². The monoisotopic (exact) mass is 661 g/mol. The van der Waals surface area contributed by atoms with Crippen LogP contribution in [-0.2, 0) is 12.8 Å². The molecule has 1 aliphatic carbocycles. The Labute approximate surface area is 294 Å². The van der Waals surface area contributed by atoms with Gasteiger partial charge in [-0.15, -0.1) is 0 Å². The van der Waals surface area contributed by atoms with Gasteiger partial charge in [0, 0.05) is 23.6 Å². The molecule has 5 heteroatoms. The fourth-order valence-corrected chi connectivity index (χ4v) is 7.55. The second-order valence-electron chi connectivity index (χ2n) is 14.9. The Hall–Kier alpha value is -2.66. The number of hydrogen-bond donors (Lipinski definition) is 2. The van der Waals surface area contributed by atoms with E-state index in [1.165, 1.54) is 112 Å². The Morgan fingerprint density at radius 2 is 0.979 bits per heavy atom. The van der Waals surface area contributed by atoms with Crippen molar-refractivity contribution in [3.8, 4) is 11.5 Å². The van der Waals surface area contributed by atoms with Crippen LogP contribution < -0.4 is 0 Å². The lowest BCUT2D eigenvalue weighted by atomic mass is 9.91. The highest BCUT2D eigenvalue weighted by Crippen LogP contribution is 2.29. The first-order chi connectivity index (χ1) is 23.3. The second-order valence-corrected chi connectivity index (χ2v) is 14.9. The highest BCUT2D eigenvalue weighted by Gasteiger charge is 2.26. The first-order valence-electron chi connectivity index (χ1n) is 19.8. The lowest BCUT2D eigenvalue weighted by Crippen LogP contribution is -2.50.